The van der Waals surface area contributed by atoms with Crippen LogP contribution in [0.25, 0.3) is 11.0 Å². The number of aromatic amines is 2. The summed E-state index contributed by atoms with van der Waals surface area (Å²) in [6, 6.07) is 5.92. The number of fused-ring (bicyclic) bond motifs is 1. The highest BCUT2D eigenvalue weighted by molar-refractivity contribution is 6.20. The molecule has 1 saturated carbocycles. The smallest absolute Gasteiger partial charge is 0.306 e. The van der Waals surface area contributed by atoms with Crippen molar-refractivity contribution in [1.29, 1.82) is 0 Å². The zero-order chi connectivity index (χ0) is 12.5. The number of imidazole rings is 1. The van der Waals surface area contributed by atoms with Crippen LogP contribution in [-0.4, -0.2) is 9.97 Å². The molecule has 1 fully saturated rings. The summed E-state index contributed by atoms with van der Waals surface area (Å²) in [7, 11) is 0. The molecule has 2 aromatic rings. The average molecular weight is 265 g/mol. The summed E-state index contributed by atoms with van der Waals surface area (Å²) >= 11 is 6.49. The average Bonchev–Trinajstić information content (AvgIpc) is 2.95. The second-order valence-electron chi connectivity index (χ2n) is 5.24. The predicted octanol–water partition coefficient (Wildman–Crippen LogP) is 3.72. The Morgan fingerprint density at radius 3 is 2.72 bits per heavy atom. The summed E-state index contributed by atoms with van der Waals surface area (Å²) < 4.78 is 0. The number of alkyl halides is 1. The zero-order valence-electron chi connectivity index (χ0n) is 10.2. The number of aromatic nitrogens is 2. The molecule has 96 valence electrons. The number of halogens is 1. The molecule has 0 saturated heterocycles. The third-order valence-electron chi connectivity index (χ3n) is 3.92. The Labute approximate surface area is 111 Å². The predicted molar refractivity (Wildman–Crippen MR) is 74.1 cm³/mol. The topological polar surface area (TPSA) is 48.6 Å². The van der Waals surface area contributed by atoms with E-state index in [-0.39, 0.29) is 11.1 Å². The summed E-state index contributed by atoms with van der Waals surface area (Å²) in [5.74, 6) is 0.772. The van der Waals surface area contributed by atoms with Gasteiger partial charge < -0.3 is 9.97 Å². The molecule has 1 aromatic heterocycles. The first-order valence-electron chi connectivity index (χ1n) is 6.58. The molecule has 3 rings (SSSR count). The van der Waals surface area contributed by atoms with Gasteiger partial charge in [0.1, 0.15) is 0 Å². The van der Waals surface area contributed by atoms with Gasteiger partial charge in [-0.25, -0.2) is 4.79 Å². The van der Waals surface area contributed by atoms with E-state index in [0.717, 1.165) is 28.9 Å². The fourth-order valence-corrected chi connectivity index (χ4v) is 3.31. The highest BCUT2D eigenvalue weighted by atomic mass is 35.5. The van der Waals surface area contributed by atoms with Crippen molar-refractivity contribution < 1.29 is 0 Å². The van der Waals surface area contributed by atoms with E-state index in [1.165, 1.54) is 25.7 Å². The molecule has 1 atom stereocenters. The number of benzene rings is 1. The van der Waals surface area contributed by atoms with Crippen molar-refractivity contribution in [2.45, 2.75) is 37.5 Å². The molecule has 1 aliphatic carbocycles. The molecule has 1 aromatic carbocycles. The van der Waals surface area contributed by atoms with Crippen LogP contribution in [-0.2, 0) is 0 Å². The van der Waals surface area contributed by atoms with Crippen LogP contribution in [0.3, 0.4) is 0 Å². The van der Waals surface area contributed by atoms with Crippen molar-refractivity contribution in [1.82, 2.24) is 9.97 Å². The summed E-state index contributed by atoms with van der Waals surface area (Å²) in [6.07, 6.45) is 6.36. The molecule has 18 heavy (non-hydrogen) atoms. The van der Waals surface area contributed by atoms with Gasteiger partial charge in [0.2, 0.25) is 0 Å². The summed E-state index contributed by atoms with van der Waals surface area (Å²) in [5.41, 5.74) is 2.62. The van der Waals surface area contributed by atoms with Crippen LogP contribution in [0, 0.1) is 5.92 Å². The van der Waals surface area contributed by atoms with Crippen molar-refractivity contribution in [2.75, 3.05) is 0 Å². The van der Waals surface area contributed by atoms with Crippen LogP contribution in [0.5, 0.6) is 0 Å². The Morgan fingerprint density at radius 2 is 1.94 bits per heavy atom. The van der Waals surface area contributed by atoms with Gasteiger partial charge in [-0.05, 0) is 30.0 Å². The minimum atomic E-state index is -0.163. The number of hydrogen-bond acceptors (Lipinski definition) is 1. The molecule has 0 bridgehead atoms. The zero-order valence-corrected chi connectivity index (χ0v) is 11.0. The second kappa shape index (κ2) is 4.81. The van der Waals surface area contributed by atoms with Crippen molar-refractivity contribution in [3.05, 3.63) is 34.2 Å². The summed E-state index contributed by atoms with van der Waals surface area (Å²) in [5, 5.41) is 0.0518. The van der Waals surface area contributed by atoms with Crippen molar-refractivity contribution in [3.8, 4) is 0 Å². The lowest BCUT2D eigenvalue weighted by molar-refractivity contribution is 0.496. The van der Waals surface area contributed by atoms with Crippen LogP contribution >= 0.6 is 11.6 Å². The van der Waals surface area contributed by atoms with Gasteiger partial charge in [0.25, 0.3) is 0 Å². The molecular weight excluding hydrogens is 248 g/mol. The van der Waals surface area contributed by atoms with Crippen molar-refractivity contribution >= 4 is 22.6 Å². The van der Waals surface area contributed by atoms with Gasteiger partial charge in [-0.2, -0.15) is 0 Å². The molecule has 3 nitrogen and oxygen atoms in total. The summed E-state index contributed by atoms with van der Waals surface area (Å²) in [4.78, 5) is 16.7. The molecule has 4 heteroatoms. The SMILES string of the molecule is O=c1[nH]c2ccc(C(Cl)CC3CCCC3)cc2[nH]1. The van der Waals surface area contributed by atoms with Crippen LogP contribution < -0.4 is 5.69 Å². The van der Waals surface area contributed by atoms with E-state index in [1.54, 1.807) is 0 Å². The molecule has 2 N–H and O–H groups in total. The molecule has 0 spiro atoms. The lowest BCUT2D eigenvalue weighted by Gasteiger charge is -2.14. The van der Waals surface area contributed by atoms with Gasteiger partial charge in [0, 0.05) is 0 Å². The Morgan fingerprint density at radius 1 is 1.22 bits per heavy atom. The number of rotatable bonds is 3. The molecule has 0 radical (unpaired) electrons. The van der Waals surface area contributed by atoms with Crippen LogP contribution in [0.15, 0.2) is 23.0 Å². The van der Waals surface area contributed by atoms with E-state index < -0.39 is 0 Å². The van der Waals surface area contributed by atoms with Crippen molar-refractivity contribution in [2.24, 2.45) is 5.92 Å². The number of nitrogens with one attached hydrogen (secondary N) is 2. The first kappa shape index (κ1) is 11.8. The minimum absolute atomic E-state index is 0.0518. The fraction of sp³-hybridized carbons (Fsp3) is 0.500. The molecule has 0 amide bonds. The number of hydrogen-bond donors (Lipinski definition) is 2. The fourth-order valence-electron chi connectivity index (χ4n) is 2.92. The third-order valence-corrected chi connectivity index (χ3v) is 4.35. The first-order chi connectivity index (χ1) is 8.72. The Bertz CT molecular complexity index is 595. The Balaban J connectivity index is 1.81. The quantitative estimate of drug-likeness (QED) is 0.816. The van der Waals surface area contributed by atoms with Crippen LogP contribution in [0.4, 0.5) is 0 Å². The van der Waals surface area contributed by atoms with Gasteiger partial charge >= 0.3 is 5.69 Å². The van der Waals surface area contributed by atoms with Gasteiger partial charge in [-0.15, -0.1) is 11.6 Å². The normalized spacial score (nSPS) is 18.5. The van der Waals surface area contributed by atoms with Crippen molar-refractivity contribution in [3.63, 3.8) is 0 Å². The van der Waals surface area contributed by atoms with Gasteiger partial charge in [-0.1, -0.05) is 31.7 Å². The lowest BCUT2D eigenvalue weighted by atomic mass is 9.97. The highest BCUT2D eigenvalue weighted by Crippen LogP contribution is 2.36. The van der Waals surface area contributed by atoms with Gasteiger partial charge in [0.05, 0.1) is 16.4 Å². The van der Waals surface area contributed by atoms with E-state index in [1.807, 2.05) is 18.2 Å². The molecule has 1 aliphatic rings. The Kier molecular flexibility index (Phi) is 3.16. The minimum Gasteiger partial charge on any atom is -0.306 e. The molecule has 0 aliphatic heterocycles. The van der Waals surface area contributed by atoms with E-state index in [9.17, 15) is 4.79 Å². The second-order valence-corrected chi connectivity index (χ2v) is 5.76. The van der Waals surface area contributed by atoms with E-state index >= 15 is 0 Å². The van der Waals surface area contributed by atoms with Gasteiger partial charge in [0.15, 0.2) is 0 Å². The lowest BCUT2D eigenvalue weighted by Crippen LogP contribution is -2.00. The van der Waals surface area contributed by atoms with Crippen LogP contribution in [0.1, 0.15) is 43.0 Å². The third kappa shape index (κ3) is 2.32. The molecular formula is C14H17ClN2O. The largest absolute Gasteiger partial charge is 0.323 e. The highest BCUT2D eigenvalue weighted by Gasteiger charge is 2.20. The van der Waals surface area contributed by atoms with Crippen LogP contribution in [0.2, 0.25) is 0 Å². The first-order valence-corrected chi connectivity index (χ1v) is 7.02. The molecule has 1 unspecified atom stereocenters. The van der Waals surface area contributed by atoms with E-state index in [4.69, 9.17) is 11.6 Å². The van der Waals surface area contributed by atoms with Gasteiger partial charge in [-0.3, -0.25) is 0 Å². The van der Waals surface area contributed by atoms with E-state index in [0.29, 0.717) is 0 Å². The maximum absolute atomic E-state index is 11.2. The number of H-pyrrole nitrogens is 2. The van der Waals surface area contributed by atoms with E-state index in [2.05, 4.69) is 9.97 Å². The summed E-state index contributed by atoms with van der Waals surface area (Å²) in [6.45, 7) is 0. The maximum atomic E-state index is 11.2. The molecule has 1 heterocycles. The Hall–Kier alpha value is -1.22. The maximum Gasteiger partial charge on any atom is 0.323 e. The standard InChI is InChI=1S/C14H17ClN2O/c15-11(7-9-3-1-2-4-9)10-5-6-12-13(8-10)17-14(18)16-12/h5-6,8-9,11H,1-4,7H2,(H2,16,17,18). The monoisotopic (exact) mass is 264 g/mol.